The molecule has 0 aliphatic rings. The highest BCUT2D eigenvalue weighted by molar-refractivity contribution is 5.95. The van der Waals surface area contributed by atoms with E-state index in [2.05, 4.69) is 10.1 Å². The Balaban J connectivity index is 2.36. The fraction of sp³-hybridized carbons (Fsp3) is 0.250. The molecule has 4 nitrogen and oxygen atoms in total. The molecule has 2 heterocycles. The topological polar surface area (TPSA) is 56.7 Å². The minimum Gasteiger partial charge on any atom is -0.326 e. The maximum atomic E-state index is 13.4. The summed E-state index contributed by atoms with van der Waals surface area (Å²) in [4.78, 5) is 4.46. The van der Waals surface area contributed by atoms with Crippen LogP contribution in [0.5, 0.6) is 0 Å². The molecule has 0 aliphatic heterocycles. The number of nitrogens with zero attached hydrogens (tertiary/aromatic N) is 3. The van der Waals surface area contributed by atoms with Crippen molar-refractivity contribution in [3.05, 3.63) is 47.5 Å². The molecule has 0 saturated heterocycles. The van der Waals surface area contributed by atoms with Gasteiger partial charge in [-0.3, -0.25) is 0 Å². The molecule has 0 amide bonds. The van der Waals surface area contributed by atoms with Crippen molar-refractivity contribution in [2.45, 2.75) is 26.9 Å². The average Bonchev–Trinajstić information content (AvgIpc) is 2.89. The lowest BCUT2D eigenvalue weighted by Crippen LogP contribution is -2.03. The number of hydrogen-bond acceptors (Lipinski definition) is 3. The van der Waals surface area contributed by atoms with Crippen molar-refractivity contribution in [3.8, 4) is 11.1 Å². The van der Waals surface area contributed by atoms with Crippen LogP contribution in [0.15, 0.2) is 30.6 Å². The molecular weight excluding hydrogens is 267 g/mol. The summed E-state index contributed by atoms with van der Waals surface area (Å²) in [7, 11) is 0. The van der Waals surface area contributed by atoms with Crippen LogP contribution in [0.2, 0.25) is 0 Å². The minimum atomic E-state index is -0.236. The van der Waals surface area contributed by atoms with E-state index in [-0.39, 0.29) is 5.82 Å². The Morgan fingerprint density at radius 3 is 2.76 bits per heavy atom. The fourth-order valence-electron chi connectivity index (χ4n) is 2.68. The number of benzene rings is 1. The molecule has 0 radical (unpaired) electrons. The highest BCUT2D eigenvalue weighted by Crippen LogP contribution is 2.33. The van der Waals surface area contributed by atoms with Crippen LogP contribution in [-0.2, 0) is 13.1 Å². The lowest BCUT2D eigenvalue weighted by atomic mass is 9.95. The van der Waals surface area contributed by atoms with Crippen LogP contribution < -0.4 is 5.73 Å². The molecule has 5 heteroatoms. The monoisotopic (exact) mass is 284 g/mol. The number of hydrogen-bond donors (Lipinski definition) is 1. The predicted molar refractivity (Wildman–Crippen MR) is 81.2 cm³/mol. The summed E-state index contributed by atoms with van der Waals surface area (Å²) in [6, 6.07) is 4.80. The number of nitrogens with two attached hydrogens (primary N) is 1. The van der Waals surface area contributed by atoms with Crippen molar-refractivity contribution in [1.29, 1.82) is 0 Å². The maximum Gasteiger partial charge on any atom is 0.158 e. The van der Waals surface area contributed by atoms with Crippen molar-refractivity contribution in [1.82, 2.24) is 14.8 Å². The molecule has 0 aliphatic carbocycles. The Labute approximate surface area is 122 Å². The van der Waals surface area contributed by atoms with Gasteiger partial charge in [0, 0.05) is 30.2 Å². The molecule has 0 bridgehead atoms. The molecule has 1 aromatic carbocycles. The van der Waals surface area contributed by atoms with Crippen molar-refractivity contribution in [3.63, 3.8) is 0 Å². The second-order valence-electron chi connectivity index (χ2n) is 5.02. The van der Waals surface area contributed by atoms with E-state index in [0.29, 0.717) is 6.54 Å². The highest BCUT2D eigenvalue weighted by atomic mass is 19.1. The lowest BCUT2D eigenvalue weighted by Gasteiger charge is -2.12. The SMILES string of the molecule is CCn1ncc2c(-c3ccc(F)cc3C)c(CN)cnc21. The van der Waals surface area contributed by atoms with Crippen LogP contribution in [-0.4, -0.2) is 14.8 Å². The summed E-state index contributed by atoms with van der Waals surface area (Å²) in [6.07, 6.45) is 3.59. The third-order valence-electron chi connectivity index (χ3n) is 3.72. The molecule has 0 fully saturated rings. The second-order valence-corrected chi connectivity index (χ2v) is 5.02. The van der Waals surface area contributed by atoms with Crippen molar-refractivity contribution < 1.29 is 4.39 Å². The highest BCUT2D eigenvalue weighted by Gasteiger charge is 2.15. The Bertz CT molecular complexity index is 807. The first-order chi connectivity index (χ1) is 10.2. The van der Waals surface area contributed by atoms with E-state index in [4.69, 9.17) is 5.73 Å². The molecule has 0 spiro atoms. The molecule has 21 heavy (non-hydrogen) atoms. The van der Waals surface area contributed by atoms with Crippen LogP contribution in [0, 0.1) is 12.7 Å². The molecular formula is C16H17FN4. The Kier molecular flexibility index (Phi) is 3.43. The first-order valence-corrected chi connectivity index (χ1v) is 6.95. The van der Waals surface area contributed by atoms with E-state index < -0.39 is 0 Å². The van der Waals surface area contributed by atoms with Crippen LogP contribution in [0.1, 0.15) is 18.1 Å². The molecule has 0 saturated carbocycles. The standard InChI is InChI=1S/C16H17FN4/c1-3-21-16-14(9-20-21)15(11(7-18)8-19-16)13-5-4-12(17)6-10(13)2/h4-6,8-9H,3,7,18H2,1-2H3. The first kappa shape index (κ1) is 13.7. The summed E-state index contributed by atoms with van der Waals surface area (Å²) < 4.78 is 15.2. The summed E-state index contributed by atoms with van der Waals surface area (Å²) >= 11 is 0. The Morgan fingerprint density at radius 2 is 2.10 bits per heavy atom. The predicted octanol–water partition coefficient (Wildman–Crippen LogP) is 3.02. The molecule has 2 N–H and O–H groups in total. The van der Waals surface area contributed by atoms with Gasteiger partial charge >= 0.3 is 0 Å². The Morgan fingerprint density at radius 1 is 1.29 bits per heavy atom. The number of aromatic nitrogens is 3. The van der Waals surface area contributed by atoms with Gasteiger partial charge in [0.05, 0.1) is 6.20 Å². The zero-order valence-electron chi connectivity index (χ0n) is 12.1. The van der Waals surface area contributed by atoms with Crippen molar-refractivity contribution >= 4 is 11.0 Å². The molecule has 108 valence electrons. The lowest BCUT2D eigenvalue weighted by molar-refractivity contribution is 0.627. The van der Waals surface area contributed by atoms with Gasteiger partial charge in [-0.05, 0) is 42.7 Å². The molecule has 3 aromatic rings. The van der Waals surface area contributed by atoms with Gasteiger partial charge in [-0.2, -0.15) is 5.10 Å². The van der Waals surface area contributed by atoms with Crippen LogP contribution in [0.25, 0.3) is 22.2 Å². The molecule has 0 unspecified atom stereocenters. The van der Waals surface area contributed by atoms with Crippen LogP contribution in [0.3, 0.4) is 0 Å². The van der Waals surface area contributed by atoms with E-state index in [1.807, 2.05) is 24.7 Å². The van der Waals surface area contributed by atoms with Crippen LogP contribution >= 0.6 is 0 Å². The normalized spacial score (nSPS) is 11.2. The third kappa shape index (κ3) is 2.19. The summed E-state index contributed by atoms with van der Waals surface area (Å²) in [6.45, 7) is 5.05. The van der Waals surface area contributed by atoms with Crippen LogP contribution in [0.4, 0.5) is 4.39 Å². The smallest absolute Gasteiger partial charge is 0.158 e. The zero-order valence-corrected chi connectivity index (χ0v) is 12.1. The number of rotatable bonds is 3. The number of halogens is 1. The van der Waals surface area contributed by atoms with Gasteiger partial charge in [-0.1, -0.05) is 6.07 Å². The molecule has 0 atom stereocenters. The van der Waals surface area contributed by atoms with Gasteiger partial charge in [0.2, 0.25) is 0 Å². The van der Waals surface area contributed by atoms with Gasteiger partial charge in [-0.15, -0.1) is 0 Å². The number of fused-ring (bicyclic) bond motifs is 1. The minimum absolute atomic E-state index is 0.236. The average molecular weight is 284 g/mol. The van der Waals surface area contributed by atoms with Crippen molar-refractivity contribution in [2.75, 3.05) is 0 Å². The number of pyridine rings is 1. The van der Waals surface area contributed by atoms with Gasteiger partial charge < -0.3 is 5.73 Å². The molecule has 3 rings (SSSR count). The zero-order chi connectivity index (χ0) is 15.0. The van der Waals surface area contributed by atoms with E-state index in [9.17, 15) is 4.39 Å². The fourth-order valence-corrected chi connectivity index (χ4v) is 2.68. The maximum absolute atomic E-state index is 13.4. The van der Waals surface area contributed by atoms with Gasteiger partial charge in [0.1, 0.15) is 5.82 Å². The third-order valence-corrected chi connectivity index (χ3v) is 3.72. The van der Waals surface area contributed by atoms with E-state index in [1.165, 1.54) is 12.1 Å². The van der Waals surface area contributed by atoms with Gasteiger partial charge in [0.25, 0.3) is 0 Å². The van der Waals surface area contributed by atoms with E-state index >= 15 is 0 Å². The Hall–Kier alpha value is -2.27. The summed E-state index contributed by atoms with van der Waals surface area (Å²) in [5.41, 5.74) is 10.5. The van der Waals surface area contributed by atoms with Crippen molar-refractivity contribution in [2.24, 2.45) is 5.73 Å². The second kappa shape index (κ2) is 5.26. The summed E-state index contributed by atoms with van der Waals surface area (Å²) in [5, 5.41) is 5.32. The van der Waals surface area contributed by atoms with Gasteiger partial charge in [0.15, 0.2) is 5.65 Å². The van der Waals surface area contributed by atoms with E-state index in [0.717, 1.165) is 39.8 Å². The quantitative estimate of drug-likeness (QED) is 0.804. The number of aryl methyl sites for hydroxylation is 2. The summed E-state index contributed by atoms with van der Waals surface area (Å²) in [5.74, 6) is -0.236. The van der Waals surface area contributed by atoms with Gasteiger partial charge in [-0.25, -0.2) is 14.1 Å². The first-order valence-electron chi connectivity index (χ1n) is 6.95. The largest absolute Gasteiger partial charge is 0.326 e. The molecule has 2 aromatic heterocycles. The van der Waals surface area contributed by atoms with E-state index in [1.54, 1.807) is 12.3 Å².